The summed E-state index contributed by atoms with van der Waals surface area (Å²) in [5.74, 6) is 0.228. The fraction of sp³-hybridized carbons (Fsp3) is 0.611. The predicted molar refractivity (Wildman–Crippen MR) is 85.7 cm³/mol. The van der Waals surface area contributed by atoms with Crippen LogP contribution >= 0.6 is 0 Å². The summed E-state index contributed by atoms with van der Waals surface area (Å²) < 4.78 is 5.92. The van der Waals surface area contributed by atoms with Crippen molar-refractivity contribution in [3.8, 4) is 0 Å². The molecule has 1 aromatic rings. The van der Waals surface area contributed by atoms with Gasteiger partial charge in [-0.3, -0.25) is 4.79 Å². The second-order valence-corrected chi connectivity index (χ2v) is 7.47. The van der Waals surface area contributed by atoms with E-state index in [1.165, 1.54) is 5.56 Å². The van der Waals surface area contributed by atoms with Crippen LogP contribution in [0.25, 0.3) is 0 Å². The Labute approximate surface area is 131 Å². The number of amides is 1. The molecule has 2 N–H and O–H groups in total. The molecule has 4 rings (SSSR count). The minimum absolute atomic E-state index is 0.0780. The second kappa shape index (κ2) is 4.56. The van der Waals surface area contributed by atoms with Gasteiger partial charge < -0.3 is 15.4 Å². The van der Waals surface area contributed by atoms with E-state index in [1.54, 1.807) is 0 Å². The topological polar surface area (TPSA) is 55.6 Å². The van der Waals surface area contributed by atoms with Crippen LogP contribution in [0.3, 0.4) is 0 Å². The zero-order valence-corrected chi connectivity index (χ0v) is 13.3. The summed E-state index contributed by atoms with van der Waals surface area (Å²) in [4.78, 5) is 15.2. The molecule has 2 fully saturated rings. The van der Waals surface area contributed by atoms with Crippen molar-refractivity contribution in [1.29, 1.82) is 0 Å². The van der Waals surface area contributed by atoms with Crippen molar-refractivity contribution in [2.75, 3.05) is 18.1 Å². The third kappa shape index (κ3) is 1.57. The molecule has 3 aliphatic rings. The number of rotatable bonds is 1. The van der Waals surface area contributed by atoms with Crippen LogP contribution in [-0.2, 0) is 16.0 Å². The number of benzene rings is 1. The Morgan fingerprint density at radius 2 is 2.14 bits per heavy atom. The van der Waals surface area contributed by atoms with Crippen LogP contribution in [0.5, 0.6) is 0 Å². The van der Waals surface area contributed by atoms with E-state index in [0.717, 1.165) is 38.1 Å². The van der Waals surface area contributed by atoms with Gasteiger partial charge in [0.2, 0.25) is 5.91 Å². The van der Waals surface area contributed by atoms with Crippen molar-refractivity contribution in [2.45, 2.75) is 44.8 Å². The molecule has 2 aliphatic heterocycles. The Morgan fingerprint density at radius 1 is 1.36 bits per heavy atom. The van der Waals surface area contributed by atoms with E-state index in [9.17, 15) is 4.79 Å². The first-order valence-electron chi connectivity index (χ1n) is 8.28. The number of ether oxygens (including phenoxy) is 1. The molecule has 0 aromatic heterocycles. The maximum atomic E-state index is 13.3. The quantitative estimate of drug-likeness (QED) is 0.864. The van der Waals surface area contributed by atoms with Gasteiger partial charge in [0.1, 0.15) is 5.54 Å². The average molecular weight is 300 g/mol. The van der Waals surface area contributed by atoms with E-state index in [4.69, 9.17) is 10.5 Å². The zero-order chi connectivity index (χ0) is 15.5. The van der Waals surface area contributed by atoms with E-state index in [2.05, 4.69) is 19.9 Å². The monoisotopic (exact) mass is 300 g/mol. The molecule has 1 aromatic carbocycles. The van der Waals surface area contributed by atoms with Gasteiger partial charge in [0, 0.05) is 30.2 Å². The molecule has 2 heterocycles. The third-order valence-corrected chi connectivity index (χ3v) is 6.17. The van der Waals surface area contributed by atoms with Gasteiger partial charge in [0.05, 0.1) is 6.10 Å². The van der Waals surface area contributed by atoms with Crippen LogP contribution < -0.4 is 10.6 Å². The molecule has 3 unspecified atom stereocenters. The van der Waals surface area contributed by atoms with E-state index in [1.807, 2.05) is 23.1 Å². The SMILES string of the molecule is CC1(C)C2OCCCC2C1(N)C(=O)N1CCc2ccccc21. The number of carbonyl (C=O) groups excluding carboxylic acids is 1. The summed E-state index contributed by atoms with van der Waals surface area (Å²) in [7, 11) is 0. The number of nitrogens with zero attached hydrogens (tertiary/aromatic N) is 1. The highest BCUT2D eigenvalue weighted by molar-refractivity contribution is 6.03. The van der Waals surface area contributed by atoms with Gasteiger partial charge in [-0.2, -0.15) is 0 Å². The molecule has 118 valence electrons. The Morgan fingerprint density at radius 3 is 2.95 bits per heavy atom. The van der Waals surface area contributed by atoms with Gasteiger partial charge in [0.25, 0.3) is 0 Å². The standard InChI is InChI=1S/C18H24N2O2/c1-17(2)15-13(7-5-11-22-15)18(17,19)16(21)20-10-9-12-6-3-4-8-14(12)20/h3-4,6,8,13,15H,5,7,9-11,19H2,1-2H3. The predicted octanol–water partition coefficient (Wildman–Crippen LogP) is 2.11. The first kappa shape index (κ1) is 14.2. The lowest BCUT2D eigenvalue weighted by molar-refractivity contribution is -0.223. The molecular formula is C18H24N2O2. The van der Waals surface area contributed by atoms with Gasteiger partial charge in [0.15, 0.2) is 0 Å². The average Bonchev–Trinajstić information content (AvgIpc) is 2.97. The molecule has 1 amide bonds. The van der Waals surface area contributed by atoms with E-state index < -0.39 is 5.54 Å². The summed E-state index contributed by atoms with van der Waals surface area (Å²) in [5, 5.41) is 0. The maximum absolute atomic E-state index is 13.3. The largest absolute Gasteiger partial charge is 0.377 e. The molecule has 4 heteroatoms. The molecule has 4 nitrogen and oxygen atoms in total. The minimum Gasteiger partial charge on any atom is -0.377 e. The summed E-state index contributed by atoms with van der Waals surface area (Å²) in [6, 6.07) is 8.16. The highest BCUT2D eigenvalue weighted by Crippen LogP contribution is 2.58. The van der Waals surface area contributed by atoms with Crippen molar-refractivity contribution in [2.24, 2.45) is 17.1 Å². The first-order valence-corrected chi connectivity index (χ1v) is 8.28. The Hall–Kier alpha value is -1.39. The molecule has 1 saturated heterocycles. The number of nitrogens with two attached hydrogens (primary N) is 1. The number of para-hydroxylation sites is 1. The third-order valence-electron chi connectivity index (χ3n) is 6.17. The summed E-state index contributed by atoms with van der Waals surface area (Å²) in [5.41, 5.74) is 7.90. The normalized spacial score (nSPS) is 35.5. The summed E-state index contributed by atoms with van der Waals surface area (Å²) in [6.07, 6.45) is 3.03. The number of hydrogen-bond acceptors (Lipinski definition) is 3. The van der Waals surface area contributed by atoms with Gasteiger partial charge in [-0.15, -0.1) is 0 Å². The van der Waals surface area contributed by atoms with Crippen LogP contribution in [0.1, 0.15) is 32.3 Å². The summed E-state index contributed by atoms with van der Waals surface area (Å²) >= 11 is 0. The van der Waals surface area contributed by atoms with Crippen LogP contribution in [0.2, 0.25) is 0 Å². The second-order valence-electron chi connectivity index (χ2n) is 7.47. The lowest BCUT2D eigenvalue weighted by atomic mass is 9.46. The van der Waals surface area contributed by atoms with Crippen molar-refractivity contribution < 1.29 is 9.53 Å². The number of hydrogen-bond donors (Lipinski definition) is 1. The van der Waals surface area contributed by atoms with Crippen LogP contribution in [-0.4, -0.2) is 30.7 Å². The Bertz CT molecular complexity index is 627. The van der Waals surface area contributed by atoms with E-state index in [0.29, 0.717) is 0 Å². The molecule has 0 bridgehead atoms. The highest BCUT2D eigenvalue weighted by Gasteiger charge is 2.71. The highest BCUT2D eigenvalue weighted by atomic mass is 16.5. The Balaban J connectivity index is 1.68. The fourth-order valence-electron chi connectivity index (χ4n) is 4.78. The van der Waals surface area contributed by atoms with Gasteiger partial charge in [-0.05, 0) is 30.9 Å². The van der Waals surface area contributed by atoms with Crippen molar-refractivity contribution >= 4 is 11.6 Å². The first-order chi connectivity index (χ1) is 10.5. The van der Waals surface area contributed by atoms with E-state index >= 15 is 0 Å². The Kier molecular flexibility index (Phi) is 2.94. The molecule has 3 atom stereocenters. The van der Waals surface area contributed by atoms with Gasteiger partial charge in [-0.25, -0.2) is 0 Å². The van der Waals surface area contributed by atoms with Crippen molar-refractivity contribution in [3.05, 3.63) is 29.8 Å². The number of fused-ring (bicyclic) bond motifs is 2. The fourth-order valence-corrected chi connectivity index (χ4v) is 4.78. The van der Waals surface area contributed by atoms with E-state index in [-0.39, 0.29) is 23.3 Å². The van der Waals surface area contributed by atoms with Crippen LogP contribution in [0, 0.1) is 11.3 Å². The minimum atomic E-state index is -0.810. The van der Waals surface area contributed by atoms with Crippen LogP contribution in [0.15, 0.2) is 24.3 Å². The molecular weight excluding hydrogens is 276 g/mol. The maximum Gasteiger partial charge on any atom is 0.248 e. The molecule has 22 heavy (non-hydrogen) atoms. The van der Waals surface area contributed by atoms with Crippen LogP contribution in [0.4, 0.5) is 5.69 Å². The number of carbonyl (C=O) groups is 1. The molecule has 0 spiro atoms. The zero-order valence-electron chi connectivity index (χ0n) is 13.3. The smallest absolute Gasteiger partial charge is 0.248 e. The lowest BCUT2D eigenvalue weighted by Gasteiger charge is -2.65. The molecule has 0 radical (unpaired) electrons. The molecule has 1 aliphatic carbocycles. The number of anilines is 1. The lowest BCUT2D eigenvalue weighted by Crippen LogP contribution is -2.82. The molecule has 1 saturated carbocycles. The van der Waals surface area contributed by atoms with Gasteiger partial charge >= 0.3 is 0 Å². The summed E-state index contributed by atoms with van der Waals surface area (Å²) in [6.45, 7) is 5.70. The van der Waals surface area contributed by atoms with Gasteiger partial charge in [-0.1, -0.05) is 32.0 Å². The van der Waals surface area contributed by atoms with Crippen molar-refractivity contribution in [3.63, 3.8) is 0 Å². The van der Waals surface area contributed by atoms with Crippen molar-refractivity contribution in [1.82, 2.24) is 0 Å².